The van der Waals surface area contributed by atoms with E-state index >= 15 is 0 Å². The fourth-order valence-corrected chi connectivity index (χ4v) is 3.62. The molecule has 0 bridgehead atoms. The molecule has 2 aromatic heterocycles. The molecule has 1 fully saturated rings. The van der Waals surface area contributed by atoms with Crippen molar-refractivity contribution >= 4 is 11.8 Å². The van der Waals surface area contributed by atoms with Crippen molar-refractivity contribution in [3.05, 3.63) is 83.9 Å². The molecular weight excluding hydrogens is 394 g/mol. The van der Waals surface area contributed by atoms with Crippen LogP contribution in [0.2, 0.25) is 0 Å². The molecule has 0 unspecified atom stereocenters. The molecule has 0 spiro atoms. The molecule has 1 aliphatic rings. The fraction of sp³-hybridized carbons (Fsp3) is 0.292. The van der Waals surface area contributed by atoms with Crippen molar-refractivity contribution in [2.45, 2.75) is 31.9 Å². The first-order valence-electron chi connectivity index (χ1n) is 10.4. The van der Waals surface area contributed by atoms with Gasteiger partial charge in [0.05, 0.1) is 17.4 Å². The van der Waals surface area contributed by atoms with Crippen LogP contribution < -0.4 is 10.1 Å². The van der Waals surface area contributed by atoms with Crippen LogP contribution in [0.4, 0.5) is 0 Å². The summed E-state index contributed by atoms with van der Waals surface area (Å²) in [6.07, 6.45) is 5.75. The van der Waals surface area contributed by atoms with E-state index in [1.165, 1.54) is 18.7 Å². The van der Waals surface area contributed by atoms with Gasteiger partial charge in [-0.1, -0.05) is 30.3 Å². The first-order valence-corrected chi connectivity index (χ1v) is 10.4. The van der Waals surface area contributed by atoms with Crippen LogP contribution in [0.1, 0.15) is 52.1 Å². The minimum atomic E-state index is -0.172. The third-order valence-electron chi connectivity index (χ3n) is 5.45. The Hall–Kier alpha value is -3.61. The third-order valence-corrected chi connectivity index (χ3v) is 5.45. The second-order valence-electron chi connectivity index (χ2n) is 7.61. The van der Waals surface area contributed by atoms with Crippen LogP contribution >= 0.6 is 0 Å². The van der Waals surface area contributed by atoms with Crippen molar-refractivity contribution in [1.29, 1.82) is 0 Å². The second kappa shape index (κ2) is 9.47. The number of carbonyl (C=O) groups is 2. The van der Waals surface area contributed by atoms with Gasteiger partial charge >= 0.3 is 0 Å². The van der Waals surface area contributed by atoms with Gasteiger partial charge in [-0.2, -0.15) is 0 Å². The molecule has 31 heavy (non-hydrogen) atoms. The maximum absolute atomic E-state index is 12.6. The summed E-state index contributed by atoms with van der Waals surface area (Å²) >= 11 is 0. The Bertz CT molecular complexity index is 995. The zero-order valence-electron chi connectivity index (χ0n) is 17.4. The maximum atomic E-state index is 12.6. The molecule has 1 saturated heterocycles. The molecule has 1 aromatic carbocycles. The Labute approximate surface area is 181 Å². The Balaban J connectivity index is 1.27. The predicted molar refractivity (Wildman–Crippen MR) is 115 cm³/mol. The molecule has 1 aliphatic heterocycles. The number of benzene rings is 1. The lowest BCUT2D eigenvalue weighted by molar-refractivity contribution is 0.0697. The summed E-state index contributed by atoms with van der Waals surface area (Å²) in [5.41, 5.74) is 2.10. The van der Waals surface area contributed by atoms with Gasteiger partial charge in [0.25, 0.3) is 11.8 Å². The van der Waals surface area contributed by atoms with E-state index in [1.807, 2.05) is 37.3 Å². The molecule has 0 saturated carbocycles. The lowest BCUT2D eigenvalue weighted by Crippen LogP contribution is -2.46. The highest BCUT2D eigenvalue weighted by Crippen LogP contribution is 2.20. The standard InChI is InChI=1S/C24H25N3O4/c1-17(18-5-3-2-4-6-18)31-22-8-7-19(15-25-22)23(28)26-21-9-12-27(13-10-21)24(29)20-11-14-30-16-20/h2-8,11,14-17,21H,9-10,12-13H2,1H3,(H,26,28)/t17-/m0/s1. The number of amides is 2. The molecule has 0 aliphatic carbocycles. The number of rotatable bonds is 6. The van der Waals surface area contributed by atoms with E-state index in [2.05, 4.69) is 10.3 Å². The molecule has 4 rings (SSSR count). The van der Waals surface area contributed by atoms with Gasteiger partial charge in [0.2, 0.25) is 5.88 Å². The van der Waals surface area contributed by atoms with Crippen LogP contribution in [0, 0.1) is 0 Å². The molecule has 7 nitrogen and oxygen atoms in total. The number of furan rings is 1. The lowest BCUT2D eigenvalue weighted by atomic mass is 10.0. The van der Waals surface area contributed by atoms with E-state index in [4.69, 9.17) is 9.15 Å². The van der Waals surface area contributed by atoms with E-state index in [1.54, 1.807) is 23.1 Å². The van der Waals surface area contributed by atoms with Crippen molar-refractivity contribution in [2.75, 3.05) is 13.1 Å². The topological polar surface area (TPSA) is 84.7 Å². The third kappa shape index (κ3) is 5.12. The molecule has 1 N–H and O–H groups in total. The molecule has 7 heteroatoms. The van der Waals surface area contributed by atoms with Gasteiger partial charge in [-0.05, 0) is 37.5 Å². The zero-order chi connectivity index (χ0) is 21.6. The highest BCUT2D eigenvalue weighted by molar-refractivity contribution is 5.94. The van der Waals surface area contributed by atoms with Crippen LogP contribution in [-0.2, 0) is 0 Å². The average Bonchev–Trinajstić information content (AvgIpc) is 3.35. The highest BCUT2D eigenvalue weighted by atomic mass is 16.5. The Kier molecular flexibility index (Phi) is 6.31. The van der Waals surface area contributed by atoms with Crippen LogP contribution in [0.15, 0.2) is 71.7 Å². The Morgan fingerprint density at radius 3 is 2.52 bits per heavy atom. The number of carbonyl (C=O) groups excluding carboxylic acids is 2. The number of nitrogens with one attached hydrogen (secondary N) is 1. The highest BCUT2D eigenvalue weighted by Gasteiger charge is 2.25. The molecule has 0 radical (unpaired) electrons. The smallest absolute Gasteiger partial charge is 0.257 e. The Morgan fingerprint density at radius 1 is 1.10 bits per heavy atom. The number of nitrogens with zero attached hydrogens (tertiary/aromatic N) is 2. The number of ether oxygens (including phenoxy) is 1. The van der Waals surface area contributed by atoms with Gasteiger partial charge in [0.15, 0.2) is 0 Å². The fourth-order valence-electron chi connectivity index (χ4n) is 3.62. The summed E-state index contributed by atoms with van der Waals surface area (Å²) in [5.74, 6) is 0.261. The minimum Gasteiger partial charge on any atom is -0.472 e. The van der Waals surface area contributed by atoms with Crippen LogP contribution in [0.5, 0.6) is 5.88 Å². The SMILES string of the molecule is C[C@H](Oc1ccc(C(=O)NC2CCN(C(=O)c3ccoc3)CC2)cn1)c1ccccc1. The first kappa shape index (κ1) is 20.7. The lowest BCUT2D eigenvalue weighted by Gasteiger charge is -2.32. The van der Waals surface area contributed by atoms with Gasteiger partial charge in [-0.15, -0.1) is 0 Å². The number of hydrogen-bond donors (Lipinski definition) is 1. The summed E-state index contributed by atoms with van der Waals surface area (Å²) in [4.78, 5) is 31.0. The summed E-state index contributed by atoms with van der Waals surface area (Å²) in [6, 6.07) is 15.0. The normalized spacial score (nSPS) is 15.3. The van der Waals surface area contributed by atoms with Crippen LogP contribution in [0.3, 0.4) is 0 Å². The number of likely N-dealkylation sites (tertiary alicyclic amines) is 1. The first-order chi connectivity index (χ1) is 15.1. The zero-order valence-corrected chi connectivity index (χ0v) is 17.4. The Morgan fingerprint density at radius 2 is 1.87 bits per heavy atom. The largest absolute Gasteiger partial charge is 0.472 e. The number of pyridine rings is 1. The average molecular weight is 419 g/mol. The molecule has 1 atom stereocenters. The molecule has 3 heterocycles. The predicted octanol–water partition coefficient (Wildman–Crippen LogP) is 3.85. The minimum absolute atomic E-state index is 0.0231. The number of aromatic nitrogens is 1. The van der Waals surface area contributed by atoms with Crippen molar-refractivity contribution in [3.63, 3.8) is 0 Å². The van der Waals surface area contributed by atoms with Crippen molar-refractivity contribution in [2.24, 2.45) is 0 Å². The number of hydrogen-bond acceptors (Lipinski definition) is 5. The van der Waals surface area contributed by atoms with Crippen LogP contribution in [-0.4, -0.2) is 40.8 Å². The van der Waals surface area contributed by atoms with Crippen molar-refractivity contribution in [1.82, 2.24) is 15.2 Å². The maximum Gasteiger partial charge on any atom is 0.257 e. The quantitative estimate of drug-likeness (QED) is 0.656. The van der Waals surface area contributed by atoms with E-state index in [9.17, 15) is 9.59 Å². The molecule has 3 aromatic rings. The van der Waals surface area contributed by atoms with Crippen molar-refractivity contribution < 1.29 is 18.7 Å². The van der Waals surface area contributed by atoms with Gasteiger partial charge in [-0.25, -0.2) is 4.98 Å². The van der Waals surface area contributed by atoms with E-state index in [0.717, 1.165) is 5.56 Å². The van der Waals surface area contributed by atoms with E-state index in [0.29, 0.717) is 42.9 Å². The molecule has 160 valence electrons. The molecule has 2 amide bonds. The second-order valence-corrected chi connectivity index (χ2v) is 7.61. The number of piperidine rings is 1. The summed E-state index contributed by atoms with van der Waals surface area (Å²) in [6.45, 7) is 3.15. The monoisotopic (exact) mass is 419 g/mol. The van der Waals surface area contributed by atoms with Gasteiger partial charge in [-0.3, -0.25) is 9.59 Å². The van der Waals surface area contributed by atoms with E-state index < -0.39 is 0 Å². The van der Waals surface area contributed by atoms with Crippen LogP contribution in [0.25, 0.3) is 0 Å². The van der Waals surface area contributed by atoms with Gasteiger partial charge < -0.3 is 19.4 Å². The van der Waals surface area contributed by atoms with Gasteiger partial charge in [0.1, 0.15) is 12.4 Å². The summed E-state index contributed by atoms with van der Waals surface area (Å²) in [7, 11) is 0. The van der Waals surface area contributed by atoms with E-state index in [-0.39, 0.29) is 24.0 Å². The van der Waals surface area contributed by atoms with Gasteiger partial charge in [0, 0.05) is 31.4 Å². The summed E-state index contributed by atoms with van der Waals surface area (Å²) in [5, 5.41) is 3.04. The van der Waals surface area contributed by atoms with Crippen molar-refractivity contribution in [3.8, 4) is 5.88 Å². The summed E-state index contributed by atoms with van der Waals surface area (Å²) < 4.78 is 10.8. The molecular formula is C24H25N3O4.